The van der Waals surface area contributed by atoms with Crippen molar-refractivity contribution in [1.82, 2.24) is 0 Å². The van der Waals surface area contributed by atoms with Crippen molar-refractivity contribution >= 4 is 18.5 Å². The van der Waals surface area contributed by atoms with Crippen molar-refractivity contribution in [1.29, 1.82) is 0 Å². The van der Waals surface area contributed by atoms with Gasteiger partial charge in [0.2, 0.25) is 0 Å². The summed E-state index contributed by atoms with van der Waals surface area (Å²) in [4.78, 5) is 0. The molecule has 2 rings (SSSR count). The van der Waals surface area contributed by atoms with Gasteiger partial charge in [0, 0.05) is 6.04 Å². The van der Waals surface area contributed by atoms with E-state index in [4.69, 9.17) is 5.73 Å². The average molecular weight is 168 g/mol. The molecule has 58 valence electrons. The van der Waals surface area contributed by atoms with E-state index in [0.29, 0.717) is 0 Å². The number of nitrogens with two attached hydrogens (primary N) is 1. The summed E-state index contributed by atoms with van der Waals surface area (Å²) in [5.41, 5.74) is 8.26. The maximum absolute atomic E-state index is 5.76. The third-order valence-electron chi connectivity index (χ3n) is 1.84. The topological polar surface area (TPSA) is 26.0 Å². The molecule has 0 aromatic heterocycles. The molecule has 0 spiro atoms. The zero-order valence-electron chi connectivity index (χ0n) is 6.03. The van der Waals surface area contributed by atoms with Crippen molar-refractivity contribution in [3.8, 4) is 0 Å². The van der Waals surface area contributed by atoms with Crippen LogP contribution in [0.5, 0.6) is 0 Å². The molecular formula is C9H10ClN. The van der Waals surface area contributed by atoms with Gasteiger partial charge in [0.15, 0.2) is 0 Å². The van der Waals surface area contributed by atoms with E-state index in [2.05, 4.69) is 18.2 Å². The van der Waals surface area contributed by atoms with Crippen molar-refractivity contribution in [3.05, 3.63) is 41.5 Å². The molecule has 2 heteroatoms. The quantitative estimate of drug-likeness (QED) is 0.630. The van der Waals surface area contributed by atoms with Crippen LogP contribution in [-0.2, 0) is 0 Å². The molecule has 1 atom stereocenters. The molecule has 0 heterocycles. The first-order chi connectivity index (χ1) is 4.88. The minimum atomic E-state index is 0. The van der Waals surface area contributed by atoms with Crippen LogP contribution in [0.2, 0.25) is 0 Å². The minimum absolute atomic E-state index is 0. The van der Waals surface area contributed by atoms with Crippen LogP contribution in [0.25, 0.3) is 6.08 Å². The van der Waals surface area contributed by atoms with Gasteiger partial charge in [0.25, 0.3) is 0 Å². The monoisotopic (exact) mass is 167 g/mol. The molecule has 0 aliphatic heterocycles. The lowest BCUT2D eigenvalue weighted by atomic mass is 10.1. The van der Waals surface area contributed by atoms with E-state index in [-0.39, 0.29) is 18.4 Å². The van der Waals surface area contributed by atoms with Crippen LogP contribution >= 0.6 is 12.4 Å². The Kier molecular flexibility index (Phi) is 2.32. The summed E-state index contributed by atoms with van der Waals surface area (Å²) in [6, 6.07) is 8.32. The highest BCUT2D eigenvalue weighted by atomic mass is 35.5. The van der Waals surface area contributed by atoms with Crippen molar-refractivity contribution in [2.45, 2.75) is 6.04 Å². The van der Waals surface area contributed by atoms with E-state index in [1.54, 1.807) is 0 Å². The maximum atomic E-state index is 5.76. The van der Waals surface area contributed by atoms with Crippen molar-refractivity contribution < 1.29 is 0 Å². The second-order valence-corrected chi connectivity index (χ2v) is 2.51. The van der Waals surface area contributed by atoms with Crippen LogP contribution in [0.1, 0.15) is 17.2 Å². The number of hydrogen-bond acceptors (Lipinski definition) is 1. The Balaban J connectivity index is 0.000000605. The molecule has 0 saturated carbocycles. The van der Waals surface area contributed by atoms with Crippen LogP contribution in [0.3, 0.4) is 0 Å². The van der Waals surface area contributed by atoms with Crippen LogP contribution in [0, 0.1) is 0 Å². The Hall–Kier alpha value is -0.790. The van der Waals surface area contributed by atoms with Gasteiger partial charge in [-0.15, -0.1) is 12.4 Å². The fourth-order valence-electron chi connectivity index (χ4n) is 1.28. The third kappa shape index (κ3) is 1.30. The first-order valence-electron chi connectivity index (χ1n) is 3.40. The zero-order chi connectivity index (χ0) is 6.97. The molecule has 0 saturated heterocycles. The Morgan fingerprint density at radius 2 is 1.91 bits per heavy atom. The molecule has 1 unspecified atom stereocenters. The number of benzene rings is 1. The van der Waals surface area contributed by atoms with Crippen molar-refractivity contribution in [2.24, 2.45) is 5.73 Å². The molecule has 0 bridgehead atoms. The lowest BCUT2D eigenvalue weighted by Gasteiger charge is -2.01. The Labute approximate surface area is 72.3 Å². The summed E-state index contributed by atoms with van der Waals surface area (Å²) in [6.45, 7) is 0. The molecule has 1 nitrogen and oxygen atoms in total. The van der Waals surface area contributed by atoms with Crippen LogP contribution in [0.15, 0.2) is 30.3 Å². The normalized spacial score (nSPS) is 19.2. The van der Waals surface area contributed by atoms with Gasteiger partial charge in [-0.25, -0.2) is 0 Å². The molecular weight excluding hydrogens is 158 g/mol. The van der Waals surface area contributed by atoms with Gasteiger partial charge in [0.05, 0.1) is 0 Å². The van der Waals surface area contributed by atoms with Gasteiger partial charge in [0.1, 0.15) is 0 Å². The first-order valence-corrected chi connectivity index (χ1v) is 3.40. The fraction of sp³-hybridized carbons (Fsp3) is 0.111. The average Bonchev–Trinajstić information content (AvgIpc) is 2.34. The van der Waals surface area contributed by atoms with Crippen LogP contribution in [-0.4, -0.2) is 0 Å². The fourth-order valence-corrected chi connectivity index (χ4v) is 1.28. The van der Waals surface area contributed by atoms with E-state index < -0.39 is 0 Å². The second-order valence-electron chi connectivity index (χ2n) is 2.51. The summed E-state index contributed by atoms with van der Waals surface area (Å²) in [5.74, 6) is 0. The van der Waals surface area contributed by atoms with Gasteiger partial charge in [-0.2, -0.15) is 0 Å². The van der Waals surface area contributed by atoms with E-state index in [9.17, 15) is 0 Å². The largest absolute Gasteiger partial charge is 0.321 e. The summed E-state index contributed by atoms with van der Waals surface area (Å²) >= 11 is 0. The first kappa shape index (κ1) is 8.31. The van der Waals surface area contributed by atoms with E-state index in [0.717, 1.165) is 0 Å². The smallest absolute Gasteiger partial charge is 0.0490 e. The summed E-state index contributed by atoms with van der Waals surface area (Å²) in [6.07, 6.45) is 4.09. The Bertz CT molecular complexity index is 281. The van der Waals surface area contributed by atoms with E-state index in [1.807, 2.05) is 18.2 Å². The van der Waals surface area contributed by atoms with Gasteiger partial charge in [-0.05, 0) is 11.1 Å². The highest BCUT2D eigenvalue weighted by Gasteiger charge is 2.10. The minimum Gasteiger partial charge on any atom is -0.321 e. The molecule has 1 aromatic rings. The van der Waals surface area contributed by atoms with E-state index in [1.165, 1.54) is 11.1 Å². The summed E-state index contributed by atoms with van der Waals surface area (Å²) in [7, 11) is 0. The Morgan fingerprint density at radius 3 is 2.64 bits per heavy atom. The predicted octanol–water partition coefficient (Wildman–Crippen LogP) is 2.13. The number of hydrogen-bond donors (Lipinski definition) is 1. The van der Waals surface area contributed by atoms with Gasteiger partial charge in [-0.1, -0.05) is 36.4 Å². The van der Waals surface area contributed by atoms with Gasteiger partial charge >= 0.3 is 0 Å². The SMILES string of the molecule is Cl.NC1C=Cc2ccccc21. The summed E-state index contributed by atoms with van der Waals surface area (Å²) < 4.78 is 0. The van der Waals surface area contributed by atoms with E-state index >= 15 is 0 Å². The molecule has 2 N–H and O–H groups in total. The lowest BCUT2D eigenvalue weighted by Crippen LogP contribution is -2.03. The predicted molar refractivity (Wildman–Crippen MR) is 49.7 cm³/mol. The lowest BCUT2D eigenvalue weighted by molar-refractivity contribution is 0.931. The van der Waals surface area contributed by atoms with Crippen molar-refractivity contribution in [2.75, 3.05) is 0 Å². The molecule has 0 amide bonds. The molecule has 1 aromatic carbocycles. The van der Waals surface area contributed by atoms with Crippen LogP contribution < -0.4 is 5.73 Å². The zero-order valence-corrected chi connectivity index (χ0v) is 6.84. The van der Waals surface area contributed by atoms with Crippen molar-refractivity contribution in [3.63, 3.8) is 0 Å². The second kappa shape index (κ2) is 3.07. The molecule has 1 aliphatic rings. The molecule has 1 aliphatic carbocycles. The highest BCUT2D eigenvalue weighted by Crippen LogP contribution is 2.24. The molecule has 11 heavy (non-hydrogen) atoms. The number of rotatable bonds is 0. The van der Waals surface area contributed by atoms with Gasteiger partial charge in [-0.3, -0.25) is 0 Å². The Morgan fingerprint density at radius 1 is 1.18 bits per heavy atom. The number of halogens is 1. The molecule has 0 fully saturated rings. The van der Waals surface area contributed by atoms with Crippen LogP contribution in [0.4, 0.5) is 0 Å². The summed E-state index contributed by atoms with van der Waals surface area (Å²) in [5, 5.41) is 0. The van der Waals surface area contributed by atoms with Gasteiger partial charge < -0.3 is 5.73 Å². The highest BCUT2D eigenvalue weighted by molar-refractivity contribution is 5.85. The third-order valence-corrected chi connectivity index (χ3v) is 1.84. The molecule has 0 radical (unpaired) electrons. The maximum Gasteiger partial charge on any atom is 0.0490 e. The number of fused-ring (bicyclic) bond motifs is 1. The standard InChI is InChI=1S/C9H9N.ClH/c10-9-6-5-7-3-1-2-4-8(7)9;/h1-6,9H,10H2;1H.